The van der Waals surface area contributed by atoms with Crippen molar-refractivity contribution >= 4 is 11.8 Å². The average Bonchev–Trinajstić information content (AvgIpc) is 3.08. The molecule has 1 fully saturated rings. The largest absolute Gasteiger partial charge is 0.465 e. The van der Waals surface area contributed by atoms with E-state index in [9.17, 15) is 18.0 Å². The molecule has 1 aromatic rings. The number of pyridine rings is 1. The fourth-order valence-electron chi connectivity index (χ4n) is 1.81. The molecule has 0 radical (unpaired) electrons. The molecule has 1 N–H and O–H groups in total. The third-order valence-electron chi connectivity index (χ3n) is 3.15. The predicted molar refractivity (Wildman–Crippen MR) is 62.0 cm³/mol. The second-order valence-electron chi connectivity index (χ2n) is 4.53. The molecular weight excluding hydrogens is 261 g/mol. The number of aryl methyl sites for hydroxylation is 1. The molecule has 104 valence electrons. The molecule has 19 heavy (non-hydrogen) atoms. The summed E-state index contributed by atoms with van der Waals surface area (Å²) in [6, 6.07) is 2.76. The highest BCUT2D eigenvalue weighted by Gasteiger charge is 2.63. The van der Waals surface area contributed by atoms with Gasteiger partial charge in [-0.25, -0.2) is 9.78 Å². The summed E-state index contributed by atoms with van der Waals surface area (Å²) in [4.78, 5) is 15.3. The molecule has 2 rings (SSSR count). The number of aromatic nitrogens is 1. The molecule has 7 heteroatoms. The first-order valence-corrected chi connectivity index (χ1v) is 5.70. The van der Waals surface area contributed by atoms with E-state index in [0.29, 0.717) is 5.69 Å². The molecule has 1 aliphatic rings. The normalized spacial score (nSPS) is 16.9. The van der Waals surface area contributed by atoms with Gasteiger partial charge in [0.2, 0.25) is 0 Å². The van der Waals surface area contributed by atoms with Crippen LogP contribution in [0.1, 0.15) is 28.9 Å². The van der Waals surface area contributed by atoms with Crippen molar-refractivity contribution < 1.29 is 22.7 Å². The summed E-state index contributed by atoms with van der Waals surface area (Å²) in [5.41, 5.74) is -1.29. The number of nitrogens with one attached hydrogen (secondary N) is 1. The highest BCUT2D eigenvalue weighted by molar-refractivity contribution is 5.90. The minimum atomic E-state index is -4.30. The molecule has 0 aliphatic heterocycles. The number of rotatable bonds is 3. The number of carbonyl (C=O) groups is 1. The van der Waals surface area contributed by atoms with E-state index in [1.165, 1.54) is 19.2 Å². The van der Waals surface area contributed by atoms with Crippen molar-refractivity contribution in [1.29, 1.82) is 0 Å². The molecule has 1 saturated carbocycles. The second-order valence-corrected chi connectivity index (χ2v) is 4.53. The van der Waals surface area contributed by atoms with E-state index in [1.54, 1.807) is 6.92 Å². The number of ether oxygens (including phenoxy) is 1. The zero-order valence-electron chi connectivity index (χ0n) is 10.5. The third kappa shape index (κ3) is 2.50. The molecule has 0 atom stereocenters. The molecule has 0 spiro atoms. The van der Waals surface area contributed by atoms with Crippen molar-refractivity contribution in [3.05, 3.63) is 23.4 Å². The van der Waals surface area contributed by atoms with Crippen LogP contribution in [0.2, 0.25) is 0 Å². The van der Waals surface area contributed by atoms with Gasteiger partial charge in [0.05, 0.1) is 18.4 Å². The van der Waals surface area contributed by atoms with Crippen LogP contribution in [0.5, 0.6) is 0 Å². The van der Waals surface area contributed by atoms with Crippen LogP contribution in [-0.2, 0) is 4.74 Å². The summed E-state index contributed by atoms with van der Waals surface area (Å²) in [5.74, 6) is -0.450. The van der Waals surface area contributed by atoms with Gasteiger partial charge < -0.3 is 10.1 Å². The van der Waals surface area contributed by atoms with E-state index in [1.807, 2.05) is 0 Å². The molecule has 1 aliphatic carbocycles. The van der Waals surface area contributed by atoms with Gasteiger partial charge in [-0.05, 0) is 31.9 Å². The van der Waals surface area contributed by atoms with Crippen LogP contribution >= 0.6 is 0 Å². The van der Waals surface area contributed by atoms with Crippen molar-refractivity contribution in [1.82, 2.24) is 4.98 Å². The third-order valence-corrected chi connectivity index (χ3v) is 3.15. The van der Waals surface area contributed by atoms with Gasteiger partial charge in [-0.15, -0.1) is 0 Å². The Balaban J connectivity index is 2.20. The molecule has 0 unspecified atom stereocenters. The first kappa shape index (κ1) is 13.6. The molecule has 1 heterocycles. The molecular formula is C12H13F3N2O2. The van der Waals surface area contributed by atoms with Crippen molar-refractivity contribution in [2.24, 2.45) is 0 Å². The predicted octanol–water partition coefficient (Wildman–Crippen LogP) is 2.68. The number of carbonyl (C=O) groups excluding carboxylic acids is 1. The van der Waals surface area contributed by atoms with E-state index in [0.717, 1.165) is 0 Å². The van der Waals surface area contributed by atoms with Gasteiger partial charge in [-0.3, -0.25) is 0 Å². The topological polar surface area (TPSA) is 51.2 Å². The molecule has 1 aromatic heterocycles. The number of hydrogen-bond donors (Lipinski definition) is 1. The van der Waals surface area contributed by atoms with Gasteiger partial charge in [0.25, 0.3) is 0 Å². The minimum Gasteiger partial charge on any atom is -0.465 e. The summed E-state index contributed by atoms with van der Waals surface area (Å²) < 4.78 is 42.9. The lowest BCUT2D eigenvalue weighted by Crippen LogP contribution is -2.39. The zero-order chi connectivity index (χ0) is 14.3. The Morgan fingerprint density at radius 2 is 2.05 bits per heavy atom. The summed E-state index contributed by atoms with van der Waals surface area (Å²) >= 11 is 0. The summed E-state index contributed by atoms with van der Waals surface area (Å²) in [5, 5.41) is 2.41. The lowest BCUT2D eigenvalue weighted by Gasteiger charge is -2.21. The van der Waals surface area contributed by atoms with Gasteiger partial charge in [0.15, 0.2) is 0 Å². The highest BCUT2D eigenvalue weighted by Crippen LogP contribution is 2.50. The number of anilines is 1. The Morgan fingerprint density at radius 1 is 1.42 bits per heavy atom. The lowest BCUT2D eigenvalue weighted by atomic mass is 10.2. The van der Waals surface area contributed by atoms with Crippen LogP contribution in [-0.4, -0.2) is 29.8 Å². The number of esters is 1. The van der Waals surface area contributed by atoms with E-state index < -0.39 is 17.7 Å². The SMILES string of the molecule is COC(=O)c1ccc(NC2(C(F)(F)F)CC2)nc1C. The fraction of sp³-hybridized carbons (Fsp3) is 0.500. The summed E-state index contributed by atoms with van der Waals surface area (Å²) in [6.45, 7) is 1.55. The molecule has 0 bridgehead atoms. The average molecular weight is 274 g/mol. The van der Waals surface area contributed by atoms with Crippen molar-refractivity contribution in [2.45, 2.75) is 31.5 Å². The highest BCUT2D eigenvalue weighted by atomic mass is 19.4. The maximum Gasteiger partial charge on any atom is 0.411 e. The van der Waals surface area contributed by atoms with Crippen LogP contribution in [0, 0.1) is 6.92 Å². The van der Waals surface area contributed by atoms with Gasteiger partial charge in [0.1, 0.15) is 11.4 Å². The number of alkyl halides is 3. The molecule has 0 aromatic carbocycles. The van der Waals surface area contributed by atoms with E-state index >= 15 is 0 Å². The molecule has 0 amide bonds. The smallest absolute Gasteiger partial charge is 0.411 e. The fourth-order valence-corrected chi connectivity index (χ4v) is 1.81. The maximum atomic E-state index is 12.8. The lowest BCUT2D eigenvalue weighted by molar-refractivity contribution is -0.151. The first-order chi connectivity index (χ1) is 8.79. The number of halogens is 3. The van der Waals surface area contributed by atoms with Crippen LogP contribution in [0.15, 0.2) is 12.1 Å². The molecule has 0 saturated heterocycles. The Labute approximate surface area is 108 Å². The van der Waals surface area contributed by atoms with Crippen molar-refractivity contribution in [2.75, 3.05) is 12.4 Å². The minimum absolute atomic E-state index is 0.0377. The second kappa shape index (κ2) is 4.40. The van der Waals surface area contributed by atoms with Crippen molar-refractivity contribution in [3.8, 4) is 0 Å². The maximum absolute atomic E-state index is 12.8. The van der Waals surface area contributed by atoms with Crippen LogP contribution in [0.25, 0.3) is 0 Å². The number of hydrogen-bond acceptors (Lipinski definition) is 4. The van der Waals surface area contributed by atoms with Gasteiger partial charge in [0, 0.05) is 0 Å². The summed E-state index contributed by atoms with van der Waals surface area (Å²) in [7, 11) is 1.23. The Kier molecular flexibility index (Phi) is 3.15. The van der Waals surface area contributed by atoms with Gasteiger partial charge in [-0.2, -0.15) is 13.2 Å². The zero-order valence-corrected chi connectivity index (χ0v) is 10.5. The van der Waals surface area contributed by atoms with Crippen molar-refractivity contribution in [3.63, 3.8) is 0 Å². The molecule has 4 nitrogen and oxygen atoms in total. The standard InChI is InChI=1S/C12H13F3N2O2/c1-7-8(10(18)19-2)3-4-9(16-7)17-11(5-6-11)12(13,14)15/h3-4H,5-6H2,1-2H3,(H,16,17). The summed E-state index contributed by atoms with van der Waals surface area (Å²) in [6.07, 6.45) is -4.23. The van der Waals surface area contributed by atoms with Crippen LogP contribution in [0.3, 0.4) is 0 Å². The van der Waals surface area contributed by atoms with E-state index in [4.69, 9.17) is 0 Å². The Bertz CT molecular complexity index is 510. The van der Waals surface area contributed by atoms with E-state index in [-0.39, 0.29) is 24.2 Å². The Hall–Kier alpha value is -1.79. The Morgan fingerprint density at radius 3 is 2.47 bits per heavy atom. The van der Waals surface area contributed by atoms with Crippen LogP contribution < -0.4 is 5.32 Å². The van der Waals surface area contributed by atoms with Gasteiger partial charge in [-0.1, -0.05) is 0 Å². The number of methoxy groups -OCH3 is 1. The monoisotopic (exact) mass is 274 g/mol. The quantitative estimate of drug-likeness (QED) is 0.861. The number of nitrogens with zero attached hydrogens (tertiary/aromatic N) is 1. The van der Waals surface area contributed by atoms with E-state index in [2.05, 4.69) is 15.0 Å². The first-order valence-electron chi connectivity index (χ1n) is 5.70. The van der Waals surface area contributed by atoms with Crippen LogP contribution in [0.4, 0.5) is 19.0 Å². The van der Waals surface area contributed by atoms with Gasteiger partial charge >= 0.3 is 12.1 Å².